The number of nitrogens with one attached hydrogen (secondary N) is 1. The van der Waals surface area contributed by atoms with Gasteiger partial charge in [-0.25, -0.2) is 0 Å². The Bertz CT molecular complexity index is 182. The predicted octanol–water partition coefficient (Wildman–Crippen LogP) is 6.03. The average Bonchev–Trinajstić information content (AvgIpc) is 2.59. The predicted molar refractivity (Wildman–Crippen MR) is 111 cm³/mol. The summed E-state index contributed by atoms with van der Waals surface area (Å²) in [4.78, 5) is 10.9. The van der Waals surface area contributed by atoms with Crippen LogP contribution in [0, 0.1) is 0 Å². The third-order valence-electron chi connectivity index (χ3n) is 3.70. The third-order valence-corrected chi connectivity index (χ3v) is 3.70. The van der Waals surface area contributed by atoms with Crippen LogP contribution in [0.5, 0.6) is 0 Å². The van der Waals surface area contributed by atoms with Gasteiger partial charge in [0.25, 0.3) is 0 Å². The molecule has 0 radical (unpaired) electrons. The maximum Gasteiger partial charge on any atom is 0.209 e. The van der Waals surface area contributed by atoms with Gasteiger partial charge in [0.1, 0.15) is 0 Å². The highest BCUT2D eigenvalue weighted by Gasteiger charge is 1.87. The standard InChI is InChI=1S/C10H22.C8H19N.C3H7NO/c1-3-5-7-9-10-8-6-4-2;1-3-4-5-6-7-8-9-2;1-4(2)3-5/h3-10H2,1-2H3;9H,3-8H2,1-2H3;3H,1-2H3. The van der Waals surface area contributed by atoms with E-state index in [0.717, 1.165) is 6.41 Å². The molecule has 1 amide bonds. The lowest BCUT2D eigenvalue weighted by atomic mass is 10.1. The van der Waals surface area contributed by atoms with Gasteiger partial charge in [-0.3, -0.25) is 4.79 Å². The molecule has 0 aromatic carbocycles. The Balaban J connectivity index is -0.000000291. The van der Waals surface area contributed by atoms with Crippen LogP contribution in [0.3, 0.4) is 0 Å². The summed E-state index contributed by atoms with van der Waals surface area (Å²) in [6.45, 7) is 7.97. The van der Waals surface area contributed by atoms with Crippen LogP contribution in [-0.2, 0) is 4.79 Å². The van der Waals surface area contributed by atoms with E-state index in [1.54, 1.807) is 14.1 Å². The SMILES string of the molecule is CCCCCCCCCC.CCCCCCCNC.CN(C)C=O. The van der Waals surface area contributed by atoms with Crippen molar-refractivity contribution in [1.82, 2.24) is 10.2 Å². The fourth-order valence-corrected chi connectivity index (χ4v) is 2.11. The number of carbonyl (C=O) groups excluding carboxylic acids is 1. The summed E-state index contributed by atoms with van der Waals surface area (Å²) in [5.74, 6) is 0. The summed E-state index contributed by atoms with van der Waals surface area (Å²) in [6.07, 6.45) is 19.1. The molecule has 0 spiro atoms. The summed E-state index contributed by atoms with van der Waals surface area (Å²) in [6, 6.07) is 0. The zero-order valence-corrected chi connectivity index (χ0v) is 17.8. The van der Waals surface area contributed by atoms with Gasteiger partial charge in [-0.2, -0.15) is 0 Å². The highest BCUT2D eigenvalue weighted by molar-refractivity contribution is 5.45. The van der Waals surface area contributed by atoms with Crippen LogP contribution in [0.4, 0.5) is 0 Å². The lowest BCUT2D eigenvalue weighted by Gasteiger charge is -1.97. The van der Waals surface area contributed by atoms with Gasteiger partial charge in [-0.1, -0.05) is 97.8 Å². The molecule has 0 aliphatic rings. The molecule has 0 saturated carbocycles. The number of carbonyl (C=O) groups is 1. The first-order valence-corrected chi connectivity index (χ1v) is 10.4. The zero-order chi connectivity index (χ0) is 18.9. The van der Waals surface area contributed by atoms with Crippen molar-refractivity contribution >= 4 is 6.41 Å². The monoisotopic (exact) mass is 344 g/mol. The molecule has 0 aromatic rings. The molecule has 0 aliphatic heterocycles. The molecule has 0 saturated heterocycles. The highest BCUT2D eigenvalue weighted by atomic mass is 16.1. The van der Waals surface area contributed by atoms with Crippen LogP contribution >= 0.6 is 0 Å². The number of rotatable bonds is 14. The molecular formula is C21H48N2O. The van der Waals surface area contributed by atoms with Crippen molar-refractivity contribution in [2.75, 3.05) is 27.7 Å². The molecule has 24 heavy (non-hydrogen) atoms. The Labute approximate surface area is 154 Å². The lowest BCUT2D eigenvalue weighted by molar-refractivity contribution is -0.115. The smallest absolute Gasteiger partial charge is 0.209 e. The first kappa shape index (κ1) is 28.2. The number of amides is 1. The van der Waals surface area contributed by atoms with E-state index < -0.39 is 0 Å². The van der Waals surface area contributed by atoms with Crippen LogP contribution in [-0.4, -0.2) is 39.0 Å². The largest absolute Gasteiger partial charge is 0.351 e. The number of nitrogens with zero attached hydrogens (tertiary/aromatic N) is 1. The van der Waals surface area contributed by atoms with E-state index in [0.29, 0.717) is 0 Å². The minimum atomic E-state index is 0.750. The van der Waals surface area contributed by atoms with Gasteiger partial charge in [-0.15, -0.1) is 0 Å². The van der Waals surface area contributed by atoms with E-state index in [4.69, 9.17) is 0 Å². The minimum absolute atomic E-state index is 0.750. The van der Waals surface area contributed by atoms with E-state index in [1.165, 1.54) is 94.9 Å². The molecule has 3 heteroatoms. The van der Waals surface area contributed by atoms with E-state index >= 15 is 0 Å². The molecule has 0 atom stereocenters. The molecular weight excluding hydrogens is 296 g/mol. The third kappa shape index (κ3) is 43.0. The number of hydrogen-bond acceptors (Lipinski definition) is 2. The first-order chi connectivity index (χ1) is 11.6. The Kier molecular flexibility index (Phi) is 35.7. The van der Waals surface area contributed by atoms with Crippen LogP contribution in [0.2, 0.25) is 0 Å². The van der Waals surface area contributed by atoms with Gasteiger partial charge >= 0.3 is 0 Å². The Morgan fingerprint density at radius 2 is 0.958 bits per heavy atom. The van der Waals surface area contributed by atoms with Gasteiger partial charge in [0, 0.05) is 14.1 Å². The summed E-state index contributed by atoms with van der Waals surface area (Å²) in [5.41, 5.74) is 0. The zero-order valence-electron chi connectivity index (χ0n) is 17.8. The second-order valence-corrected chi connectivity index (χ2v) is 6.71. The molecule has 0 unspecified atom stereocenters. The average molecular weight is 345 g/mol. The topological polar surface area (TPSA) is 32.3 Å². The first-order valence-electron chi connectivity index (χ1n) is 10.4. The van der Waals surface area contributed by atoms with Crippen molar-refractivity contribution in [3.05, 3.63) is 0 Å². The molecule has 0 rings (SSSR count). The number of unbranched alkanes of at least 4 members (excludes halogenated alkanes) is 11. The fourth-order valence-electron chi connectivity index (χ4n) is 2.11. The Morgan fingerprint density at radius 1 is 0.667 bits per heavy atom. The van der Waals surface area contributed by atoms with Crippen molar-refractivity contribution in [3.8, 4) is 0 Å². The Hall–Kier alpha value is -0.570. The van der Waals surface area contributed by atoms with E-state index in [9.17, 15) is 4.79 Å². The second kappa shape index (κ2) is 30.3. The van der Waals surface area contributed by atoms with Gasteiger partial charge in [0.15, 0.2) is 0 Å². The maximum atomic E-state index is 9.43. The lowest BCUT2D eigenvalue weighted by Crippen LogP contribution is -2.06. The van der Waals surface area contributed by atoms with E-state index in [-0.39, 0.29) is 0 Å². The molecule has 0 aromatic heterocycles. The van der Waals surface area contributed by atoms with Gasteiger partial charge in [0.05, 0.1) is 0 Å². The van der Waals surface area contributed by atoms with Crippen molar-refractivity contribution in [2.45, 2.75) is 104 Å². The van der Waals surface area contributed by atoms with Crippen molar-refractivity contribution in [2.24, 2.45) is 0 Å². The summed E-state index contributed by atoms with van der Waals surface area (Å²) in [5, 5.41) is 3.14. The maximum absolute atomic E-state index is 9.43. The van der Waals surface area contributed by atoms with Gasteiger partial charge in [-0.05, 0) is 20.0 Å². The highest BCUT2D eigenvalue weighted by Crippen LogP contribution is 2.07. The molecule has 148 valence electrons. The molecule has 0 fully saturated rings. The second-order valence-electron chi connectivity index (χ2n) is 6.71. The van der Waals surface area contributed by atoms with Crippen molar-refractivity contribution in [3.63, 3.8) is 0 Å². The normalized spacial score (nSPS) is 9.42. The van der Waals surface area contributed by atoms with Crippen LogP contribution in [0.15, 0.2) is 0 Å². The molecule has 0 bridgehead atoms. The Morgan fingerprint density at radius 3 is 1.21 bits per heavy atom. The van der Waals surface area contributed by atoms with Gasteiger partial charge < -0.3 is 10.2 Å². The minimum Gasteiger partial charge on any atom is -0.351 e. The van der Waals surface area contributed by atoms with E-state index in [2.05, 4.69) is 26.1 Å². The van der Waals surface area contributed by atoms with Gasteiger partial charge in [0.2, 0.25) is 6.41 Å². The quantitative estimate of drug-likeness (QED) is 0.308. The van der Waals surface area contributed by atoms with Crippen LogP contribution in [0.1, 0.15) is 104 Å². The number of hydrogen-bond donors (Lipinski definition) is 1. The fraction of sp³-hybridized carbons (Fsp3) is 0.952. The summed E-state index contributed by atoms with van der Waals surface area (Å²) >= 11 is 0. The van der Waals surface area contributed by atoms with Crippen LogP contribution in [0.25, 0.3) is 0 Å². The molecule has 1 N–H and O–H groups in total. The van der Waals surface area contributed by atoms with E-state index in [1.807, 2.05) is 7.05 Å². The molecule has 0 heterocycles. The summed E-state index contributed by atoms with van der Waals surface area (Å²) < 4.78 is 0. The molecule has 0 aliphatic carbocycles. The molecule has 3 nitrogen and oxygen atoms in total. The van der Waals surface area contributed by atoms with Crippen LogP contribution < -0.4 is 5.32 Å². The summed E-state index contributed by atoms with van der Waals surface area (Å²) in [7, 11) is 5.39. The van der Waals surface area contributed by atoms with Crippen molar-refractivity contribution < 1.29 is 4.79 Å². The van der Waals surface area contributed by atoms with Crippen molar-refractivity contribution in [1.29, 1.82) is 0 Å².